The number of rotatable bonds is 4. The molecule has 0 unspecified atom stereocenters. The molecule has 0 spiro atoms. The van der Waals surface area contributed by atoms with Gasteiger partial charge in [0.1, 0.15) is 11.6 Å². The molecule has 0 saturated carbocycles. The number of nitrogens with one attached hydrogen (secondary N) is 1. The first-order valence-corrected chi connectivity index (χ1v) is 9.20. The molecule has 7 nitrogen and oxygen atoms in total. The van der Waals surface area contributed by atoms with Gasteiger partial charge in [0.15, 0.2) is 0 Å². The summed E-state index contributed by atoms with van der Waals surface area (Å²) < 4.78 is 5.46. The number of carboxylic acids is 1. The predicted molar refractivity (Wildman–Crippen MR) is 102 cm³/mol. The second kappa shape index (κ2) is 7.32. The molecule has 1 aliphatic rings. The number of para-hydroxylation sites is 1. The van der Waals surface area contributed by atoms with Crippen LogP contribution in [0.1, 0.15) is 45.3 Å². The second-order valence-electron chi connectivity index (χ2n) is 8.11. The smallest absolute Gasteiger partial charge is 0.327 e. The SMILES string of the molecule is CC(C)(C)OC(=O)[C@H]1CCN([C@H](C(=O)O)c2cc3ccccc3[nH]2)[C@H](N)C1. The predicted octanol–water partition coefficient (Wildman–Crippen LogP) is 2.63. The molecule has 7 heteroatoms. The fourth-order valence-corrected chi connectivity index (χ4v) is 3.63. The van der Waals surface area contributed by atoms with Crippen molar-refractivity contribution in [2.75, 3.05) is 6.54 Å². The fraction of sp³-hybridized carbons (Fsp3) is 0.500. The lowest BCUT2D eigenvalue weighted by atomic mass is 9.92. The third-order valence-electron chi connectivity index (χ3n) is 4.84. The summed E-state index contributed by atoms with van der Waals surface area (Å²) in [7, 11) is 0. The van der Waals surface area contributed by atoms with Gasteiger partial charge in [0, 0.05) is 17.8 Å². The van der Waals surface area contributed by atoms with Gasteiger partial charge in [0.05, 0.1) is 12.1 Å². The highest BCUT2D eigenvalue weighted by molar-refractivity contribution is 5.83. The Morgan fingerprint density at radius 3 is 2.63 bits per heavy atom. The number of likely N-dealkylation sites (tertiary alicyclic amines) is 1. The number of aromatic nitrogens is 1. The van der Waals surface area contributed by atoms with Gasteiger partial charge in [-0.1, -0.05) is 18.2 Å². The van der Waals surface area contributed by atoms with Gasteiger partial charge in [-0.05, 0) is 51.1 Å². The minimum atomic E-state index is -0.965. The van der Waals surface area contributed by atoms with Gasteiger partial charge in [-0.3, -0.25) is 14.5 Å². The molecule has 0 amide bonds. The number of carbonyl (C=O) groups is 2. The van der Waals surface area contributed by atoms with E-state index >= 15 is 0 Å². The highest BCUT2D eigenvalue weighted by Crippen LogP contribution is 2.32. The molecule has 2 heterocycles. The number of carboxylic acid groups (broad SMARTS) is 1. The van der Waals surface area contributed by atoms with Crippen molar-refractivity contribution in [2.45, 2.75) is 51.4 Å². The van der Waals surface area contributed by atoms with E-state index < -0.39 is 23.8 Å². The molecule has 1 aliphatic heterocycles. The molecule has 1 aromatic heterocycles. The summed E-state index contributed by atoms with van der Waals surface area (Å²) in [4.78, 5) is 29.3. The highest BCUT2D eigenvalue weighted by atomic mass is 16.6. The number of nitrogens with two attached hydrogens (primary N) is 1. The van der Waals surface area contributed by atoms with Gasteiger partial charge in [-0.15, -0.1) is 0 Å². The number of aliphatic carboxylic acids is 1. The van der Waals surface area contributed by atoms with Crippen LogP contribution in [0.5, 0.6) is 0 Å². The van der Waals surface area contributed by atoms with E-state index in [1.165, 1.54) is 0 Å². The number of nitrogens with zero attached hydrogens (tertiary/aromatic N) is 1. The molecule has 1 aromatic carbocycles. The largest absolute Gasteiger partial charge is 0.480 e. The van der Waals surface area contributed by atoms with Crippen LogP contribution in [0.3, 0.4) is 0 Å². The van der Waals surface area contributed by atoms with Crippen molar-refractivity contribution in [3.8, 4) is 0 Å². The maximum Gasteiger partial charge on any atom is 0.327 e. The number of esters is 1. The molecule has 0 aliphatic carbocycles. The van der Waals surface area contributed by atoms with Crippen molar-refractivity contribution >= 4 is 22.8 Å². The van der Waals surface area contributed by atoms with E-state index in [1.54, 1.807) is 4.90 Å². The highest BCUT2D eigenvalue weighted by Gasteiger charge is 2.39. The van der Waals surface area contributed by atoms with E-state index in [4.69, 9.17) is 10.5 Å². The number of hydrogen-bond donors (Lipinski definition) is 3. The summed E-state index contributed by atoms with van der Waals surface area (Å²) in [6.07, 6.45) is 0.356. The normalized spacial score (nSPS) is 22.5. The Bertz CT molecular complexity index is 806. The first kappa shape index (κ1) is 19.4. The first-order valence-electron chi connectivity index (χ1n) is 9.20. The average Bonchev–Trinajstić information content (AvgIpc) is 2.98. The molecule has 1 saturated heterocycles. The molecule has 27 heavy (non-hydrogen) atoms. The van der Waals surface area contributed by atoms with Gasteiger partial charge in [-0.25, -0.2) is 0 Å². The van der Waals surface area contributed by atoms with Crippen LogP contribution >= 0.6 is 0 Å². The second-order valence-corrected chi connectivity index (χ2v) is 8.11. The van der Waals surface area contributed by atoms with Crippen LogP contribution in [0.25, 0.3) is 10.9 Å². The zero-order chi connectivity index (χ0) is 19.8. The number of aromatic amines is 1. The summed E-state index contributed by atoms with van der Waals surface area (Å²) in [5.74, 6) is -1.55. The van der Waals surface area contributed by atoms with Crippen molar-refractivity contribution in [3.05, 3.63) is 36.0 Å². The van der Waals surface area contributed by atoms with Crippen molar-refractivity contribution in [1.82, 2.24) is 9.88 Å². The number of hydrogen-bond acceptors (Lipinski definition) is 5. The summed E-state index contributed by atoms with van der Waals surface area (Å²) in [6.45, 7) is 5.90. The van der Waals surface area contributed by atoms with Crippen LogP contribution < -0.4 is 5.73 Å². The van der Waals surface area contributed by atoms with Gasteiger partial charge in [0.2, 0.25) is 0 Å². The van der Waals surface area contributed by atoms with Gasteiger partial charge < -0.3 is 20.6 Å². The molecule has 4 N–H and O–H groups in total. The van der Waals surface area contributed by atoms with E-state index in [2.05, 4.69) is 4.98 Å². The lowest BCUT2D eigenvalue weighted by Crippen LogP contribution is -2.53. The first-order chi connectivity index (χ1) is 12.7. The van der Waals surface area contributed by atoms with Crippen LogP contribution in [0.4, 0.5) is 0 Å². The minimum absolute atomic E-state index is 0.268. The van der Waals surface area contributed by atoms with Gasteiger partial charge >= 0.3 is 11.9 Å². The quantitative estimate of drug-likeness (QED) is 0.711. The fourth-order valence-electron chi connectivity index (χ4n) is 3.63. The van der Waals surface area contributed by atoms with E-state index in [9.17, 15) is 14.7 Å². The van der Waals surface area contributed by atoms with E-state index in [0.717, 1.165) is 10.9 Å². The molecule has 2 aromatic rings. The Morgan fingerprint density at radius 2 is 2.04 bits per heavy atom. The summed E-state index contributed by atoms with van der Waals surface area (Å²) in [6, 6.07) is 8.62. The molecule has 0 radical (unpaired) electrons. The molecule has 3 atom stereocenters. The maximum atomic E-state index is 12.3. The Balaban J connectivity index is 1.78. The standard InChI is InChI=1S/C20H27N3O4/c1-20(2,3)27-19(26)13-8-9-23(16(21)11-13)17(18(24)25)15-10-12-6-4-5-7-14(12)22-15/h4-7,10,13,16-17,22H,8-9,11,21H2,1-3H3,(H,24,25)/t13-,16-,17-/m0/s1. The monoisotopic (exact) mass is 373 g/mol. The Hall–Kier alpha value is -2.38. The summed E-state index contributed by atoms with van der Waals surface area (Å²) in [5, 5.41) is 10.8. The van der Waals surface area contributed by atoms with Gasteiger partial charge in [0.25, 0.3) is 0 Å². The molecule has 0 bridgehead atoms. The number of ether oxygens (including phenoxy) is 1. The van der Waals surface area contributed by atoms with E-state index in [0.29, 0.717) is 25.1 Å². The average molecular weight is 373 g/mol. The van der Waals surface area contributed by atoms with E-state index in [-0.39, 0.29) is 11.9 Å². The molecule has 3 rings (SSSR count). The van der Waals surface area contributed by atoms with Crippen LogP contribution in [0, 0.1) is 5.92 Å². The zero-order valence-corrected chi connectivity index (χ0v) is 15.9. The third-order valence-corrected chi connectivity index (χ3v) is 4.84. The van der Waals surface area contributed by atoms with E-state index in [1.807, 2.05) is 51.1 Å². The maximum absolute atomic E-state index is 12.3. The van der Waals surface area contributed by atoms with Crippen LogP contribution in [0.15, 0.2) is 30.3 Å². The number of carbonyl (C=O) groups excluding carboxylic acids is 1. The number of piperidine rings is 1. The lowest BCUT2D eigenvalue weighted by molar-refractivity contribution is -0.163. The number of fused-ring (bicyclic) bond motifs is 1. The summed E-state index contributed by atoms with van der Waals surface area (Å²) >= 11 is 0. The summed E-state index contributed by atoms with van der Waals surface area (Å²) in [5.41, 5.74) is 7.21. The molecule has 1 fully saturated rings. The topological polar surface area (TPSA) is 109 Å². The van der Waals surface area contributed by atoms with Crippen LogP contribution in [-0.2, 0) is 14.3 Å². The van der Waals surface area contributed by atoms with Crippen molar-refractivity contribution in [3.63, 3.8) is 0 Å². The molecular weight excluding hydrogens is 346 g/mol. The lowest BCUT2D eigenvalue weighted by Gasteiger charge is -2.40. The van der Waals surface area contributed by atoms with Crippen LogP contribution in [0.2, 0.25) is 0 Å². The number of benzene rings is 1. The number of H-pyrrole nitrogens is 1. The van der Waals surface area contributed by atoms with Crippen molar-refractivity contribution < 1.29 is 19.4 Å². The Labute approximate surface area is 158 Å². The third kappa shape index (κ3) is 4.31. The zero-order valence-electron chi connectivity index (χ0n) is 15.9. The van der Waals surface area contributed by atoms with Crippen LogP contribution in [-0.4, -0.2) is 45.2 Å². The molecular formula is C20H27N3O4. The Morgan fingerprint density at radius 1 is 1.33 bits per heavy atom. The van der Waals surface area contributed by atoms with Crippen molar-refractivity contribution in [1.29, 1.82) is 0 Å². The molecule has 146 valence electrons. The van der Waals surface area contributed by atoms with Gasteiger partial charge in [-0.2, -0.15) is 0 Å². The van der Waals surface area contributed by atoms with Crippen molar-refractivity contribution in [2.24, 2.45) is 11.7 Å². The Kier molecular flexibility index (Phi) is 5.26. The minimum Gasteiger partial charge on any atom is -0.480 e.